The fourth-order valence-electron chi connectivity index (χ4n) is 1.51. The Hall–Kier alpha value is -0.430. The normalized spacial score (nSPS) is 13.9. The van der Waals surface area contributed by atoms with E-state index < -0.39 is 10.0 Å². The Morgan fingerprint density at radius 2 is 2.25 bits per heavy atom. The van der Waals surface area contributed by atoms with Gasteiger partial charge in [-0.1, -0.05) is 0 Å². The molecule has 1 atom stereocenters. The largest absolute Gasteiger partial charge is 0.309 e. The molecule has 1 heterocycles. The second-order valence-electron chi connectivity index (χ2n) is 3.86. The van der Waals surface area contributed by atoms with Crippen molar-refractivity contribution in [2.45, 2.75) is 26.3 Å². The Balaban J connectivity index is 2.32. The third-order valence-electron chi connectivity index (χ3n) is 2.35. The first-order valence-corrected chi connectivity index (χ1v) is 7.77. The van der Waals surface area contributed by atoms with Gasteiger partial charge in [-0.25, -0.2) is 13.6 Å². The highest BCUT2D eigenvalue weighted by Crippen LogP contribution is 2.23. The molecule has 0 saturated heterocycles. The van der Waals surface area contributed by atoms with Crippen LogP contribution < -0.4 is 10.5 Å². The minimum atomic E-state index is -3.32. The van der Waals surface area contributed by atoms with E-state index in [2.05, 4.69) is 30.6 Å². The molecule has 0 aromatic carbocycles. The zero-order chi connectivity index (χ0) is 12.2. The van der Waals surface area contributed by atoms with Crippen LogP contribution in [0, 0.1) is 6.92 Å². The summed E-state index contributed by atoms with van der Waals surface area (Å²) in [6.07, 6.45) is 0.549. The van der Waals surface area contributed by atoms with E-state index >= 15 is 0 Å². The van der Waals surface area contributed by atoms with Crippen molar-refractivity contribution in [2.75, 3.05) is 12.3 Å². The van der Waals surface area contributed by atoms with E-state index in [1.54, 1.807) is 11.3 Å². The lowest BCUT2D eigenvalue weighted by Gasteiger charge is -2.12. The summed E-state index contributed by atoms with van der Waals surface area (Å²) < 4.78 is 21.4. The van der Waals surface area contributed by atoms with E-state index in [1.807, 2.05) is 0 Å². The minimum absolute atomic E-state index is 0.0378. The van der Waals surface area contributed by atoms with Crippen LogP contribution in [-0.2, 0) is 10.0 Å². The highest BCUT2D eigenvalue weighted by molar-refractivity contribution is 7.89. The fourth-order valence-corrected chi connectivity index (χ4v) is 3.02. The number of hydrogen-bond acceptors (Lipinski definition) is 4. The van der Waals surface area contributed by atoms with Gasteiger partial charge < -0.3 is 5.32 Å². The van der Waals surface area contributed by atoms with Gasteiger partial charge >= 0.3 is 0 Å². The van der Waals surface area contributed by atoms with Crippen LogP contribution in [0.4, 0.5) is 0 Å². The van der Waals surface area contributed by atoms with Crippen LogP contribution in [0.1, 0.15) is 29.8 Å². The number of aryl methyl sites for hydroxylation is 1. The van der Waals surface area contributed by atoms with Gasteiger partial charge in [0.2, 0.25) is 10.0 Å². The monoisotopic (exact) mass is 262 g/mol. The van der Waals surface area contributed by atoms with Crippen LogP contribution in [-0.4, -0.2) is 20.7 Å². The van der Waals surface area contributed by atoms with Crippen molar-refractivity contribution in [3.05, 3.63) is 21.9 Å². The predicted molar refractivity (Wildman–Crippen MR) is 68.1 cm³/mol. The third kappa shape index (κ3) is 4.61. The van der Waals surface area contributed by atoms with Gasteiger partial charge in [0.15, 0.2) is 0 Å². The zero-order valence-electron chi connectivity index (χ0n) is 9.56. The Morgan fingerprint density at radius 3 is 2.75 bits per heavy atom. The summed E-state index contributed by atoms with van der Waals surface area (Å²) in [5.41, 5.74) is 1.27. The fraction of sp³-hybridized carbons (Fsp3) is 0.600. The van der Waals surface area contributed by atoms with Gasteiger partial charge in [-0.3, -0.25) is 0 Å². The molecular formula is C10H18N2O2S2. The highest BCUT2D eigenvalue weighted by Gasteiger charge is 2.09. The van der Waals surface area contributed by atoms with E-state index in [9.17, 15) is 8.42 Å². The van der Waals surface area contributed by atoms with Gasteiger partial charge in [0.25, 0.3) is 0 Å². The zero-order valence-corrected chi connectivity index (χ0v) is 11.2. The first-order valence-electron chi connectivity index (χ1n) is 5.18. The Morgan fingerprint density at radius 1 is 1.56 bits per heavy atom. The molecule has 3 N–H and O–H groups in total. The summed E-state index contributed by atoms with van der Waals surface area (Å²) in [6.45, 7) is 4.82. The van der Waals surface area contributed by atoms with E-state index in [1.165, 1.54) is 10.4 Å². The van der Waals surface area contributed by atoms with Gasteiger partial charge in [0.05, 0.1) is 5.75 Å². The maximum atomic E-state index is 10.7. The van der Waals surface area contributed by atoms with Crippen LogP contribution in [0.2, 0.25) is 0 Å². The average Bonchev–Trinajstić information content (AvgIpc) is 2.57. The standard InChI is InChI=1S/C10H18N2O2S2/c1-8-4-6-15-10(8)9(2)12-5-3-7-16(11,13)14/h4,6,9,12H,3,5,7H2,1-2H3,(H2,11,13,14). The molecule has 0 aliphatic rings. The van der Waals surface area contributed by atoms with Crippen LogP contribution in [0.5, 0.6) is 0 Å². The van der Waals surface area contributed by atoms with Gasteiger partial charge in [0, 0.05) is 10.9 Å². The van der Waals surface area contributed by atoms with E-state index in [0.29, 0.717) is 13.0 Å². The Bertz CT molecular complexity index is 426. The van der Waals surface area contributed by atoms with Crippen LogP contribution >= 0.6 is 11.3 Å². The molecule has 0 aliphatic carbocycles. The van der Waals surface area contributed by atoms with E-state index in [-0.39, 0.29) is 11.8 Å². The summed E-state index contributed by atoms with van der Waals surface area (Å²) in [5, 5.41) is 10.3. The molecule has 0 spiro atoms. The number of thiophene rings is 1. The topological polar surface area (TPSA) is 72.2 Å². The maximum absolute atomic E-state index is 10.7. The van der Waals surface area contributed by atoms with E-state index in [0.717, 1.165) is 0 Å². The van der Waals surface area contributed by atoms with Gasteiger partial charge in [-0.15, -0.1) is 11.3 Å². The molecule has 1 rings (SSSR count). The van der Waals surface area contributed by atoms with Crippen LogP contribution in [0.3, 0.4) is 0 Å². The lowest BCUT2D eigenvalue weighted by molar-refractivity contribution is 0.564. The molecule has 16 heavy (non-hydrogen) atoms. The van der Waals surface area contributed by atoms with Crippen molar-refractivity contribution in [2.24, 2.45) is 5.14 Å². The molecule has 0 amide bonds. The Labute approximate surface area is 101 Å². The molecule has 6 heteroatoms. The van der Waals surface area contributed by atoms with Crippen molar-refractivity contribution in [3.63, 3.8) is 0 Å². The predicted octanol–water partition coefficient (Wildman–Crippen LogP) is 1.39. The van der Waals surface area contributed by atoms with E-state index in [4.69, 9.17) is 5.14 Å². The lowest BCUT2D eigenvalue weighted by atomic mass is 10.2. The number of primary sulfonamides is 1. The van der Waals surface area contributed by atoms with Crippen molar-refractivity contribution in [3.8, 4) is 0 Å². The quantitative estimate of drug-likeness (QED) is 0.761. The molecule has 4 nitrogen and oxygen atoms in total. The number of nitrogens with one attached hydrogen (secondary N) is 1. The minimum Gasteiger partial charge on any atom is -0.309 e. The van der Waals surface area contributed by atoms with Crippen LogP contribution in [0.15, 0.2) is 11.4 Å². The van der Waals surface area contributed by atoms with Crippen molar-refractivity contribution in [1.29, 1.82) is 0 Å². The summed E-state index contributed by atoms with van der Waals surface area (Å²) in [7, 11) is -3.32. The summed E-state index contributed by atoms with van der Waals surface area (Å²) >= 11 is 1.72. The molecule has 0 bridgehead atoms. The number of rotatable bonds is 6. The van der Waals surface area contributed by atoms with Crippen molar-refractivity contribution >= 4 is 21.4 Å². The smallest absolute Gasteiger partial charge is 0.209 e. The SMILES string of the molecule is Cc1ccsc1C(C)NCCCS(N)(=O)=O. The number of sulfonamides is 1. The average molecular weight is 262 g/mol. The van der Waals surface area contributed by atoms with Crippen molar-refractivity contribution < 1.29 is 8.42 Å². The van der Waals surface area contributed by atoms with Gasteiger partial charge in [0.1, 0.15) is 0 Å². The van der Waals surface area contributed by atoms with Crippen LogP contribution in [0.25, 0.3) is 0 Å². The lowest BCUT2D eigenvalue weighted by Crippen LogP contribution is -2.24. The second-order valence-corrected chi connectivity index (χ2v) is 6.55. The second kappa shape index (κ2) is 5.77. The molecule has 0 saturated carbocycles. The molecule has 0 fully saturated rings. The molecule has 1 unspecified atom stereocenters. The first kappa shape index (κ1) is 13.6. The molecule has 92 valence electrons. The highest BCUT2D eigenvalue weighted by atomic mass is 32.2. The summed E-state index contributed by atoms with van der Waals surface area (Å²) in [6, 6.07) is 2.35. The van der Waals surface area contributed by atoms with Gasteiger partial charge in [-0.05, 0) is 43.8 Å². The molecule has 1 aromatic rings. The maximum Gasteiger partial charge on any atom is 0.209 e. The number of hydrogen-bond donors (Lipinski definition) is 2. The molecule has 0 aliphatic heterocycles. The first-order chi connectivity index (χ1) is 7.40. The molecule has 1 aromatic heterocycles. The summed E-state index contributed by atoms with van der Waals surface area (Å²) in [4.78, 5) is 1.30. The summed E-state index contributed by atoms with van der Waals surface area (Å²) in [5.74, 6) is 0.0378. The molecule has 0 radical (unpaired) electrons. The Kier molecular flexibility index (Phi) is 4.91. The molecular weight excluding hydrogens is 244 g/mol. The third-order valence-corrected chi connectivity index (χ3v) is 4.41. The van der Waals surface area contributed by atoms with Crippen molar-refractivity contribution in [1.82, 2.24) is 5.32 Å². The number of nitrogens with two attached hydrogens (primary N) is 1. The van der Waals surface area contributed by atoms with Gasteiger partial charge in [-0.2, -0.15) is 0 Å².